The van der Waals surface area contributed by atoms with E-state index < -0.39 is 23.2 Å². The summed E-state index contributed by atoms with van der Waals surface area (Å²) < 4.78 is 13.7. The number of nitrogens with one attached hydrogen (secondary N) is 1. The number of amides is 2. The molecule has 5 heteroatoms. The van der Waals surface area contributed by atoms with E-state index in [1.165, 1.54) is 12.1 Å². The number of carbonyl (C=O) groups excluding carboxylic acids is 2. The highest BCUT2D eigenvalue weighted by atomic mass is 19.1. The molecule has 0 heterocycles. The Hall–Kier alpha value is -4.25. The van der Waals surface area contributed by atoms with E-state index in [0.29, 0.717) is 5.56 Å². The Labute approximate surface area is 204 Å². The van der Waals surface area contributed by atoms with Gasteiger partial charge in [0.15, 0.2) is 0 Å². The van der Waals surface area contributed by atoms with Crippen LogP contribution in [0.2, 0.25) is 0 Å². The topological polar surface area (TPSA) is 72.2 Å². The molecule has 0 aliphatic carbocycles. The van der Waals surface area contributed by atoms with Crippen molar-refractivity contribution >= 4 is 11.8 Å². The molecule has 0 saturated carbocycles. The van der Waals surface area contributed by atoms with Crippen LogP contribution in [0.15, 0.2) is 115 Å². The van der Waals surface area contributed by atoms with Gasteiger partial charge in [-0.2, -0.15) is 0 Å². The molecule has 176 valence electrons. The molecule has 0 saturated heterocycles. The molecule has 0 aliphatic rings. The molecule has 2 amide bonds. The third-order valence-corrected chi connectivity index (χ3v) is 6.23. The lowest BCUT2D eigenvalue weighted by Crippen LogP contribution is -2.48. The Balaban J connectivity index is 1.73. The van der Waals surface area contributed by atoms with Gasteiger partial charge in [0, 0.05) is 12.8 Å². The third-order valence-electron chi connectivity index (χ3n) is 6.23. The number of benzene rings is 4. The Morgan fingerprint density at radius 3 is 1.66 bits per heavy atom. The molecule has 0 aliphatic heterocycles. The molecule has 0 unspecified atom stereocenters. The van der Waals surface area contributed by atoms with Gasteiger partial charge in [-0.25, -0.2) is 4.39 Å². The predicted octanol–water partition coefficient (Wildman–Crippen LogP) is 4.76. The van der Waals surface area contributed by atoms with E-state index in [4.69, 9.17) is 5.73 Å². The summed E-state index contributed by atoms with van der Waals surface area (Å²) in [6.45, 7) is 0. The molecule has 0 bridgehead atoms. The standard InChI is InChI=1S/C30H27FN2O2/c31-26-18-10-11-22(19-26)20-27(29(32)35)33-28(34)21-30(23-12-4-1-5-13-23,24-14-6-2-7-15-24)25-16-8-3-9-17-25/h1-19,27H,20-21H2,(H2,32,35)(H,33,34)/t27-/m0/s1. The number of carbonyl (C=O) groups is 2. The van der Waals surface area contributed by atoms with Crippen molar-refractivity contribution < 1.29 is 14.0 Å². The second-order valence-electron chi connectivity index (χ2n) is 8.54. The van der Waals surface area contributed by atoms with Gasteiger partial charge in [0.1, 0.15) is 11.9 Å². The quantitative estimate of drug-likeness (QED) is 0.349. The molecule has 0 aromatic heterocycles. The zero-order chi connectivity index (χ0) is 24.7. The van der Waals surface area contributed by atoms with E-state index in [1.807, 2.05) is 91.0 Å². The summed E-state index contributed by atoms with van der Waals surface area (Å²) >= 11 is 0. The molecular weight excluding hydrogens is 439 g/mol. The lowest BCUT2D eigenvalue weighted by atomic mass is 9.67. The first kappa shape index (κ1) is 23.9. The van der Waals surface area contributed by atoms with E-state index in [-0.39, 0.29) is 18.7 Å². The fourth-order valence-electron chi connectivity index (χ4n) is 4.58. The summed E-state index contributed by atoms with van der Waals surface area (Å²) in [7, 11) is 0. The van der Waals surface area contributed by atoms with E-state index in [9.17, 15) is 14.0 Å². The summed E-state index contributed by atoms with van der Waals surface area (Å²) in [6, 6.07) is 34.5. The van der Waals surface area contributed by atoms with Crippen molar-refractivity contribution in [3.63, 3.8) is 0 Å². The van der Waals surface area contributed by atoms with Gasteiger partial charge in [0.2, 0.25) is 11.8 Å². The Morgan fingerprint density at radius 2 is 1.23 bits per heavy atom. The summed E-state index contributed by atoms with van der Waals surface area (Å²) in [5, 5.41) is 2.81. The summed E-state index contributed by atoms with van der Waals surface area (Å²) in [4.78, 5) is 25.8. The van der Waals surface area contributed by atoms with Crippen molar-refractivity contribution in [2.75, 3.05) is 0 Å². The monoisotopic (exact) mass is 466 g/mol. The molecule has 0 spiro atoms. The maximum atomic E-state index is 13.7. The Kier molecular flexibility index (Phi) is 7.36. The van der Waals surface area contributed by atoms with E-state index in [2.05, 4.69) is 5.32 Å². The minimum Gasteiger partial charge on any atom is -0.368 e. The Bertz CT molecular complexity index is 1180. The fraction of sp³-hybridized carbons (Fsp3) is 0.133. The lowest BCUT2D eigenvalue weighted by Gasteiger charge is -2.36. The summed E-state index contributed by atoms with van der Waals surface area (Å²) in [6.07, 6.45) is 0.159. The minimum atomic E-state index is -0.968. The molecule has 4 rings (SSSR count). The van der Waals surface area contributed by atoms with Crippen LogP contribution in [0.5, 0.6) is 0 Å². The van der Waals surface area contributed by atoms with E-state index in [0.717, 1.165) is 16.7 Å². The number of rotatable bonds is 9. The van der Waals surface area contributed by atoms with Gasteiger partial charge < -0.3 is 11.1 Å². The fourth-order valence-corrected chi connectivity index (χ4v) is 4.58. The number of hydrogen-bond acceptors (Lipinski definition) is 2. The van der Waals surface area contributed by atoms with Crippen molar-refractivity contribution in [1.29, 1.82) is 0 Å². The molecule has 35 heavy (non-hydrogen) atoms. The van der Waals surface area contributed by atoms with Crippen molar-refractivity contribution in [2.24, 2.45) is 5.73 Å². The van der Waals surface area contributed by atoms with Gasteiger partial charge in [0.25, 0.3) is 0 Å². The van der Waals surface area contributed by atoms with Crippen molar-refractivity contribution in [2.45, 2.75) is 24.3 Å². The van der Waals surface area contributed by atoms with Gasteiger partial charge in [-0.05, 0) is 34.4 Å². The van der Waals surface area contributed by atoms with Crippen LogP contribution in [-0.4, -0.2) is 17.9 Å². The maximum Gasteiger partial charge on any atom is 0.240 e. The molecule has 4 nitrogen and oxygen atoms in total. The first-order valence-corrected chi connectivity index (χ1v) is 11.5. The SMILES string of the molecule is NC(=O)[C@H](Cc1cccc(F)c1)NC(=O)CC(c1ccccc1)(c1ccccc1)c1ccccc1. The van der Waals surface area contributed by atoms with Crippen LogP contribution in [-0.2, 0) is 21.4 Å². The van der Waals surface area contributed by atoms with Gasteiger partial charge >= 0.3 is 0 Å². The van der Waals surface area contributed by atoms with Gasteiger partial charge in [-0.1, -0.05) is 103 Å². The van der Waals surface area contributed by atoms with Gasteiger partial charge in [-0.3, -0.25) is 9.59 Å². The lowest BCUT2D eigenvalue weighted by molar-refractivity contribution is -0.127. The molecule has 4 aromatic carbocycles. The minimum absolute atomic E-state index is 0.0535. The average Bonchev–Trinajstić information content (AvgIpc) is 2.88. The van der Waals surface area contributed by atoms with Crippen molar-refractivity contribution in [1.82, 2.24) is 5.32 Å². The second-order valence-corrected chi connectivity index (χ2v) is 8.54. The number of halogens is 1. The predicted molar refractivity (Wildman–Crippen MR) is 135 cm³/mol. The van der Waals surface area contributed by atoms with Gasteiger partial charge in [-0.15, -0.1) is 0 Å². The highest BCUT2D eigenvalue weighted by molar-refractivity contribution is 5.88. The zero-order valence-electron chi connectivity index (χ0n) is 19.2. The van der Waals surface area contributed by atoms with Crippen LogP contribution in [0.1, 0.15) is 28.7 Å². The molecule has 1 atom stereocenters. The van der Waals surface area contributed by atoms with E-state index >= 15 is 0 Å². The summed E-state index contributed by atoms with van der Waals surface area (Å²) in [5.41, 5.74) is 8.26. The molecular formula is C30H27FN2O2. The smallest absolute Gasteiger partial charge is 0.240 e. The van der Waals surface area contributed by atoms with Crippen LogP contribution >= 0.6 is 0 Å². The highest BCUT2D eigenvalue weighted by Crippen LogP contribution is 2.42. The normalized spacial score (nSPS) is 12.0. The zero-order valence-corrected chi connectivity index (χ0v) is 19.2. The van der Waals surface area contributed by atoms with Gasteiger partial charge in [0.05, 0.1) is 5.41 Å². The molecule has 0 radical (unpaired) electrons. The van der Waals surface area contributed by atoms with Crippen molar-refractivity contribution in [3.8, 4) is 0 Å². The molecule has 4 aromatic rings. The van der Waals surface area contributed by atoms with Crippen LogP contribution in [0.3, 0.4) is 0 Å². The van der Waals surface area contributed by atoms with Crippen LogP contribution in [0.25, 0.3) is 0 Å². The van der Waals surface area contributed by atoms with Crippen LogP contribution < -0.4 is 11.1 Å². The average molecular weight is 467 g/mol. The largest absolute Gasteiger partial charge is 0.368 e. The van der Waals surface area contributed by atoms with Crippen molar-refractivity contribution in [3.05, 3.63) is 143 Å². The highest BCUT2D eigenvalue weighted by Gasteiger charge is 2.39. The number of hydrogen-bond donors (Lipinski definition) is 2. The number of primary amides is 1. The van der Waals surface area contributed by atoms with E-state index in [1.54, 1.807) is 12.1 Å². The molecule has 0 fully saturated rings. The number of nitrogens with two attached hydrogens (primary N) is 1. The van der Waals surface area contributed by atoms with Crippen LogP contribution in [0.4, 0.5) is 4.39 Å². The first-order chi connectivity index (χ1) is 17.0. The van der Waals surface area contributed by atoms with Crippen LogP contribution in [0, 0.1) is 5.82 Å². The first-order valence-electron chi connectivity index (χ1n) is 11.5. The summed E-state index contributed by atoms with van der Waals surface area (Å²) in [5.74, 6) is -1.41. The molecule has 3 N–H and O–H groups in total. The maximum absolute atomic E-state index is 13.7. The third kappa shape index (κ3) is 5.46. The Morgan fingerprint density at radius 1 is 0.743 bits per heavy atom. The second kappa shape index (κ2) is 10.8.